The van der Waals surface area contributed by atoms with Gasteiger partial charge in [-0.1, -0.05) is 44.1 Å². The number of fused-ring (bicyclic) bond motifs is 1. The van der Waals surface area contributed by atoms with Gasteiger partial charge in [-0.3, -0.25) is 14.7 Å². The molecular formula is C31H37FN8O3. The highest BCUT2D eigenvalue weighted by Crippen LogP contribution is 2.35. The number of halogens is 1. The summed E-state index contributed by atoms with van der Waals surface area (Å²) in [6, 6.07) is 8.34. The molecule has 1 aliphatic heterocycles. The molecule has 5 rings (SSSR count). The van der Waals surface area contributed by atoms with E-state index >= 15 is 4.39 Å². The summed E-state index contributed by atoms with van der Waals surface area (Å²) in [6.07, 6.45) is 5.83. The molecule has 43 heavy (non-hydrogen) atoms. The number of nitrogens with zero attached hydrogens (tertiary/aromatic N) is 5. The Bertz CT molecular complexity index is 1650. The summed E-state index contributed by atoms with van der Waals surface area (Å²) in [4.78, 5) is 33.4. The third kappa shape index (κ3) is 6.91. The van der Waals surface area contributed by atoms with Gasteiger partial charge in [0.15, 0.2) is 17.2 Å². The number of benzene rings is 1. The first-order valence-corrected chi connectivity index (χ1v) is 14.2. The Morgan fingerprint density at radius 1 is 1.23 bits per heavy atom. The van der Waals surface area contributed by atoms with E-state index in [-0.39, 0.29) is 29.6 Å². The van der Waals surface area contributed by atoms with Gasteiger partial charge < -0.3 is 25.0 Å². The number of amides is 2. The van der Waals surface area contributed by atoms with Crippen LogP contribution in [0.15, 0.2) is 53.2 Å². The van der Waals surface area contributed by atoms with E-state index in [1.54, 1.807) is 24.4 Å². The fourth-order valence-electron chi connectivity index (χ4n) is 4.95. The molecule has 0 unspecified atom stereocenters. The molecule has 3 aromatic heterocycles. The van der Waals surface area contributed by atoms with E-state index in [2.05, 4.69) is 35.9 Å². The van der Waals surface area contributed by atoms with Crippen LogP contribution in [-0.2, 0) is 16.8 Å². The van der Waals surface area contributed by atoms with Crippen LogP contribution in [0.3, 0.4) is 0 Å². The Labute approximate surface area is 249 Å². The Kier molecular flexibility index (Phi) is 8.58. The van der Waals surface area contributed by atoms with Crippen molar-refractivity contribution in [2.75, 3.05) is 38.6 Å². The quantitative estimate of drug-likeness (QED) is 0.252. The molecule has 0 aliphatic carbocycles. The minimum absolute atomic E-state index is 0.00338. The maximum Gasteiger partial charge on any atom is 0.273 e. The first-order valence-electron chi connectivity index (χ1n) is 14.2. The summed E-state index contributed by atoms with van der Waals surface area (Å²) < 4.78 is 20.6. The Balaban J connectivity index is 1.29. The van der Waals surface area contributed by atoms with Crippen LogP contribution in [0.1, 0.15) is 49.0 Å². The Morgan fingerprint density at radius 2 is 2.05 bits per heavy atom. The van der Waals surface area contributed by atoms with Gasteiger partial charge >= 0.3 is 0 Å². The van der Waals surface area contributed by atoms with Crippen LogP contribution in [0.5, 0.6) is 0 Å². The summed E-state index contributed by atoms with van der Waals surface area (Å²) >= 11 is 0. The van der Waals surface area contributed by atoms with E-state index in [9.17, 15) is 9.59 Å². The third-order valence-corrected chi connectivity index (χ3v) is 7.30. The number of nitrogens with one attached hydrogen (secondary N) is 3. The van der Waals surface area contributed by atoms with Crippen molar-refractivity contribution in [3.8, 4) is 11.1 Å². The molecule has 0 radical (unpaired) electrons. The summed E-state index contributed by atoms with van der Waals surface area (Å²) in [5.41, 5.74) is 2.23. The van der Waals surface area contributed by atoms with E-state index < -0.39 is 11.7 Å². The molecule has 2 amide bonds. The lowest BCUT2D eigenvalue weighted by atomic mass is 9.93. The lowest BCUT2D eigenvalue weighted by Crippen LogP contribution is -2.36. The standard InChI is InChI=1S/C31H37FN8O3/c1-31(2,3)25-16-24(38-43-25)30(42)34-17-20-9-8-19(15-23(20)32)22-10-12-33-28-27(22)29(37-36-28)40-14-11-21(18-40)35-26(41)7-6-13-39(4)5/h6-10,12,15-16,21H,11,13-14,17-18H2,1-5H3,(H,34,42)(H,35,41)(H,33,36,37)/b7-6+/t21-/m1/s1. The summed E-state index contributed by atoms with van der Waals surface area (Å²) in [5.74, 6) is 0.292. The zero-order valence-corrected chi connectivity index (χ0v) is 25.1. The number of likely N-dealkylation sites (N-methyl/N-ethyl adjacent to an activating group) is 1. The van der Waals surface area contributed by atoms with Crippen molar-refractivity contribution in [2.24, 2.45) is 0 Å². The van der Waals surface area contributed by atoms with Crippen LogP contribution in [0, 0.1) is 5.82 Å². The minimum Gasteiger partial charge on any atom is -0.360 e. The molecule has 0 bridgehead atoms. The minimum atomic E-state index is -0.449. The highest BCUT2D eigenvalue weighted by molar-refractivity contribution is 6.01. The number of carbonyl (C=O) groups is 2. The van der Waals surface area contributed by atoms with Gasteiger partial charge in [0.1, 0.15) is 11.6 Å². The molecule has 12 heteroatoms. The molecule has 11 nitrogen and oxygen atoms in total. The van der Waals surface area contributed by atoms with Crippen LogP contribution in [0.25, 0.3) is 22.2 Å². The number of rotatable bonds is 9. The van der Waals surface area contributed by atoms with E-state index in [1.165, 1.54) is 6.07 Å². The predicted octanol–water partition coefficient (Wildman–Crippen LogP) is 3.79. The van der Waals surface area contributed by atoms with Gasteiger partial charge in [0.2, 0.25) is 5.91 Å². The fraction of sp³-hybridized carbons (Fsp3) is 0.387. The second-order valence-corrected chi connectivity index (χ2v) is 12.0. The van der Waals surface area contributed by atoms with Gasteiger partial charge in [-0.25, -0.2) is 9.37 Å². The van der Waals surface area contributed by atoms with Crippen molar-refractivity contribution >= 4 is 28.7 Å². The van der Waals surface area contributed by atoms with Gasteiger partial charge in [-0.05, 0) is 43.8 Å². The largest absolute Gasteiger partial charge is 0.360 e. The first-order chi connectivity index (χ1) is 20.5. The number of carbonyl (C=O) groups excluding carboxylic acids is 2. The average Bonchev–Trinajstić information content (AvgIpc) is 3.71. The first kappa shape index (κ1) is 29.9. The lowest BCUT2D eigenvalue weighted by molar-refractivity contribution is -0.117. The van der Waals surface area contributed by atoms with E-state index in [1.807, 2.05) is 58.0 Å². The second-order valence-electron chi connectivity index (χ2n) is 12.0. The van der Waals surface area contributed by atoms with Crippen LogP contribution in [0.2, 0.25) is 0 Å². The fourth-order valence-corrected chi connectivity index (χ4v) is 4.95. The summed E-state index contributed by atoms with van der Waals surface area (Å²) in [7, 11) is 3.89. The second kappa shape index (κ2) is 12.3. The average molecular weight is 589 g/mol. The molecule has 1 saturated heterocycles. The molecule has 4 heterocycles. The van der Waals surface area contributed by atoms with Crippen molar-refractivity contribution in [2.45, 2.75) is 45.2 Å². The van der Waals surface area contributed by atoms with Gasteiger partial charge in [0.05, 0.1) is 5.39 Å². The molecule has 226 valence electrons. The molecule has 1 fully saturated rings. The van der Waals surface area contributed by atoms with Gasteiger partial charge in [0, 0.05) is 61.5 Å². The highest BCUT2D eigenvalue weighted by Gasteiger charge is 2.28. The van der Waals surface area contributed by atoms with Crippen molar-refractivity contribution < 1.29 is 18.5 Å². The van der Waals surface area contributed by atoms with Crippen LogP contribution < -0.4 is 15.5 Å². The van der Waals surface area contributed by atoms with Crippen LogP contribution >= 0.6 is 0 Å². The summed E-state index contributed by atoms with van der Waals surface area (Å²) in [6.45, 7) is 7.87. The van der Waals surface area contributed by atoms with Crippen molar-refractivity contribution in [1.29, 1.82) is 0 Å². The smallest absolute Gasteiger partial charge is 0.273 e. The van der Waals surface area contributed by atoms with Gasteiger partial charge in [0.25, 0.3) is 5.91 Å². The lowest BCUT2D eigenvalue weighted by Gasteiger charge is -2.17. The SMILES string of the molecule is CN(C)C/C=C/C(=O)N[C@@H]1CCN(c2n[nH]c3nccc(-c4ccc(CNC(=O)c5cc(C(C)(C)C)on5)c(F)c4)c23)C1. The number of hydrogen-bond donors (Lipinski definition) is 3. The molecule has 1 aromatic carbocycles. The number of H-pyrrole nitrogens is 1. The Hall–Kier alpha value is -4.58. The monoisotopic (exact) mass is 588 g/mol. The van der Waals surface area contributed by atoms with E-state index in [0.29, 0.717) is 48.0 Å². The van der Waals surface area contributed by atoms with Crippen LogP contribution in [-0.4, -0.2) is 76.8 Å². The molecule has 4 aromatic rings. The maximum absolute atomic E-state index is 15.3. The number of pyridine rings is 1. The molecule has 1 aliphatic rings. The van der Waals surface area contributed by atoms with E-state index in [4.69, 9.17) is 4.52 Å². The van der Waals surface area contributed by atoms with Gasteiger partial charge in [-0.2, -0.15) is 5.10 Å². The number of hydrogen-bond acceptors (Lipinski definition) is 8. The third-order valence-electron chi connectivity index (χ3n) is 7.30. The predicted molar refractivity (Wildman–Crippen MR) is 162 cm³/mol. The number of anilines is 1. The summed E-state index contributed by atoms with van der Waals surface area (Å²) in [5, 5.41) is 17.9. The normalized spacial score (nSPS) is 15.6. The van der Waals surface area contributed by atoms with Crippen molar-refractivity contribution in [3.05, 3.63) is 71.5 Å². The zero-order chi connectivity index (χ0) is 30.7. The molecule has 0 spiro atoms. The topological polar surface area (TPSA) is 132 Å². The molecule has 3 N–H and O–H groups in total. The Morgan fingerprint density at radius 3 is 2.77 bits per heavy atom. The van der Waals surface area contributed by atoms with Gasteiger partial charge in [-0.15, -0.1) is 0 Å². The molecule has 0 saturated carbocycles. The van der Waals surface area contributed by atoms with Crippen LogP contribution in [0.4, 0.5) is 10.2 Å². The van der Waals surface area contributed by atoms with E-state index in [0.717, 1.165) is 17.4 Å². The molecule has 1 atom stereocenters. The molecular weight excluding hydrogens is 551 g/mol. The highest BCUT2D eigenvalue weighted by atomic mass is 19.1. The van der Waals surface area contributed by atoms with Crippen molar-refractivity contribution in [3.63, 3.8) is 0 Å². The number of aromatic amines is 1. The van der Waals surface area contributed by atoms with Crippen molar-refractivity contribution in [1.82, 2.24) is 35.9 Å². The zero-order valence-electron chi connectivity index (χ0n) is 25.1. The number of aromatic nitrogens is 4. The maximum atomic E-state index is 15.3.